The number of ether oxygens (including phenoxy) is 2. The minimum atomic E-state index is -0.212. The van der Waals surface area contributed by atoms with E-state index in [1.807, 2.05) is 24.3 Å². The van der Waals surface area contributed by atoms with Gasteiger partial charge in [-0.25, -0.2) is 0 Å². The van der Waals surface area contributed by atoms with Crippen LogP contribution in [0.3, 0.4) is 0 Å². The smallest absolute Gasteiger partial charge is 0.246 e. The monoisotopic (exact) mass is 353 g/mol. The molecule has 1 fully saturated rings. The molecule has 0 spiro atoms. The fourth-order valence-electron chi connectivity index (χ4n) is 2.80. The van der Waals surface area contributed by atoms with Gasteiger partial charge in [-0.15, -0.1) is 12.4 Å². The van der Waals surface area contributed by atoms with Crippen LogP contribution in [-0.2, 0) is 23.5 Å². The van der Waals surface area contributed by atoms with E-state index < -0.39 is 0 Å². The lowest BCUT2D eigenvalue weighted by molar-refractivity contribution is 0.0997. The second-order valence-corrected chi connectivity index (χ2v) is 6.08. The SMILES string of the molecule is COc1cccc(COCc2noc(C3(C)CCCCN3)n2)c1.Cl. The Morgan fingerprint density at radius 3 is 2.92 bits per heavy atom. The van der Waals surface area contributed by atoms with Gasteiger partial charge in [0.25, 0.3) is 0 Å². The third kappa shape index (κ3) is 4.47. The number of methoxy groups -OCH3 is 1. The van der Waals surface area contributed by atoms with E-state index >= 15 is 0 Å². The number of rotatable bonds is 6. The molecule has 1 unspecified atom stereocenters. The quantitative estimate of drug-likeness (QED) is 0.860. The molecule has 0 bridgehead atoms. The number of hydrogen-bond acceptors (Lipinski definition) is 6. The Morgan fingerprint density at radius 2 is 2.17 bits per heavy atom. The topological polar surface area (TPSA) is 69.4 Å². The summed E-state index contributed by atoms with van der Waals surface area (Å²) in [4.78, 5) is 4.48. The van der Waals surface area contributed by atoms with Gasteiger partial charge < -0.3 is 19.3 Å². The molecule has 0 amide bonds. The van der Waals surface area contributed by atoms with Gasteiger partial charge in [0.15, 0.2) is 5.82 Å². The molecule has 1 aliphatic heterocycles. The zero-order valence-corrected chi connectivity index (χ0v) is 14.9. The van der Waals surface area contributed by atoms with Gasteiger partial charge in [0.2, 0.25) is 5.89 Å². The van der Waals surface area contributed by atoms with Crippen LogP contribution >= 0.6 is 12.4 Å². The summed E-state index contributed by atoms with van der Waals surface area (Å²) in [6, 6.07) is 7.80. The number of piperidine rings is 1. The van der Waals surface area contributed by atoms with E-state index in [0.29, 0.717) is 24.9 Å². The molecule has 1 aliphatic rings. The molecule has 3 rings (SSSR count). The van der Waals surface area contributed by atoms with Gasteiger partial charge in [-0.1, -0.05) is 17.3 Å². The van der Waals surface area contributed by atoms with Gasteiger partial charge in [-0.3, -0.25) is 0 Å². The zero-order chi connectivity index (χ0) is 16.1. The summed E-state index contributed by atoms with van der Waals surface area (Å²) in [7, 11) is 1.65. The van der Waals surface area contributed by atoms with Crippen molar-refractivity contribution in [3.63, 3.8) is 0 Å². The summed E-state index contributed by atoms with van der Waals surface area (Å²) in [5.41, 5.74) is 0.838. The van der Waals surface area contributed by atoms with Gasteiger partial charge >= 0.3 is 0 Å². The van der Waals surface area contributed by atoms with Crippen molar-refractivity contribution in [1.82, 2.24) is 15.5 Å². The second-order valence-electron chi connectivity index (χ2n) is 6.08. The molecular weight excluding hydrogens is 330 g/mol. The Labute approximate surface area is 148 Å². The Hall–Kier alpha value is -1.63. The molecule has 0 aliphatic carbocycles. The molecule has 132 valence electrons. The van der Waals surface area contributed by atoms with Crippen molar-refractivity contribution < 1.29 is 14.0 Å². The molecule has 1 aromatic carbocycles. The maximum absolute atomic E-state index is 5.68. The van der Waals surface area contributed by atoms with E-state index in [2.05, 4.69) is 22.4 Å². The van der Waals surface area contributed by atoms with Crippen molar-refractivity contribution in [3.05, 3.63) is 41.5 Å². The molecule has 2 aromatic rings. The molecule has 1 atom stereocenters. The van der Waals surface area contributed by atoms with E-state index in [1.165, 1.54) is 12.8 Å². The third-order valence-electron chi connectivity index (χ3n) is 4.19. The summed E-state index contributed by atoms with van der Waals surface area (Å²) >= 11 is 0. The molecular formula is C17H24ClN3O3. The van der Waals surface area contributed by atoms with E-state index in [9.17, 15) is 0 Å². The second kappa shape index (κ2) is 8.46. The molecule has 7 heteroatoms. The van der Waals surface area contributed by atoms with Gasteiger partial charge in [-0.2, -0.15) is 4.98 Å². The first-order valence-electron chi connectivity index (χ1n) is 7.98. The van der Waals surface area contributed by atoms with Crippen LogP contribution < -0.4 is 10.1 Å². The summed E-state index contributed by atoms with van der Waals surface area (Å²) in [5, 5.41) is 7.49. The van der Waals surface area contributed by atoms with Crippen LogP contribution in [-0.4, -0.2) is 23.8 Å². The number of nitrogens with one attached hydrogen (secondary N) is 1. The van der Waals surface area contributed by atoms with Crippen LogP contribution in [0.2, 0.25) is 0 Å². The first-order valence-corrected chi connectivity index (χ1v) is 7.98. The Kier molecular flexibility index (Phi) is 6.60. The Bertz CT molecular complexity index is 642. The number of nitrogens with zero attached hydrogens (tertiary/aromatic N) is 2. The van der Waals surface area contributed by atoms with Gasteiger partial charge in [0.1, 0.15) is 12.4 Å². The summed E-state index contributed by atoms with van der Waals surface area (Å²) in [6.45, 7) is 3.91. The molecule has 1 aromatic heterocycles. The lowest BCUT2D eigenvalue weighted by atomic mass is 9.91. The van der Waals surface area contributed by atoms with Crippen molar-refractivity contribution in [1.29, 1.82) is 0 Å². The highest BCUT2D eigenvalue weighted by molar-refractivity contribution is 5.85. The zero-order valence-electron chi connectivity index (χ0n) is 14.1. The highest BCUT2D eigenvalue weighted by Gasteiger charge is 2.34. The van der Waals surface area contributed by atoms with Gasteiger partial charge in [-0.05, 0) is 50.4 Å². The summed E-state index contributed by atoms with van der Waals surface area (Å²) in [6.07, 6.45) is 3.38. The molecule has 2 heterocycles. The van der Waals surface area contributed by atoms with E-state index in [4.69, 9.17) is 14.0 Å². The number of aromatic nitrogens is 2. The molecule has 6 nitrogen and oxygen atoms in total. The van der Waals surface area contributed by atoms with Crippen molar-refractivity contribution in [2.24, 2.45) is 0 Å². The molecule has 1 saturated heterocycles. The maximum Gasteiger partial charge on any atom is 0.246 e. The molecule has 0 saturated carbocycles. The van der Waals surface area contributed by atoms with Gasteiger partial charge in [0, 0.05) is 0 Å². The van der Waals surface area contributed by atoms with Crippen LogP contribution in [0, 0.1) is 0 Å². The lowest BCUT2D eigenvalue weighted by Gasteiger charge is -2.31. The Balaban J connectivity index is 0.00000208. The maximum atomic E-state index is 5.68. The van der Waals surface area contributed by atoms with Crippen molar-refractivity contribution in [3.8, 4) is 5.75 Å². The highest BCUT2D eigenvalue weighted by atomic mass is 35.5. The number of halogens is 1. The summed E-state index contributed by atoms with van der Waals surface area (Å²) < 4.78 is 16.3. The van der Waals surface area contributed by atoms with E-state index in [0.717, 1.165) is 24.3 Å². The van der Waals surface area contributed by atoms with Crippen molar-refractivity contribution in [2.75, 3.05) is 13.7 Å². The predicted octanol–water partition coefficient (Wildman–Crippen LogP) is 3.21. The minimum absolute atomic E-state index is 0. The molecule has 24 heavy (non-hydrogen) atoms. The fraction of sp³-hybridized carbons (Fsp3) is 0.529. The number of benzene rings is 1. The first kappa shape index (κ1) is 18.7. The van der Waals surface area contributed by atoms with E-state index in [1.54, 1.807) is 7.11 Å². The van der Waals surface area contributed by atoms with Crippen molar-refractivity contribution in [2.45, 2.75) is 44.9 Å². The standard InChI is InChI=1S/C17H23N3O3.ClH/c1-17(8-3-4-9-18-17)16-19-15(20-23-16)12-22-11-13-6-5-7-14(10-13)21-2;/h5-7,10,18H,3-4,8-9,11-12H2,1-2H3;1H. The van der Waals surface area contributed by atoms with Gasteiger partial charge in [0.05, 0.1) is 19.3 Å². The van der Waals surface area contributed by atoms with Crippen LogP contribution in [0.25, 0.3) is 0 Å². The van der Waals surface area contributed by atoms with Crippen LogP contribution in [0.1, 0.15) is 43.5 Å². The fourth-order valence-corrected chi connectivity index (χ4v) is 2.80. The van der Waals surface area contributed by atoms with E-state index in [-0.39, 0.29) is 17.9 Å². The lowest BCUT2D eigenvalue weighted by Crippen LogP contribution is -2.43. The normalized spacial score (nSPS) is 20.4. The van der Waals surface area contributed by atoms with Crippen molar-refractivity contribution >= 4 is 12.4 Å². The third-order valence-corrected chi connectivity index (χ3v) is 4.19. The number of hydrogen-bond donors (Lipinski definition) is 1. The predicted molar refractivity (Wildman–Crippen MR) is 92.2 cm³/mol. The average Bonchev–Trinajstić information content (AvgIpc) is 3.06. The molecule has 0 radical (unpaired) electrons. The van der Waals surface area contributed by atoms with Crippen LogP contribution in [0.4, 0.5) is 0 Å². The highest BCUT2D eigenvalue weighted by Crippen LogP contribution is 2.28. The first-order chi connectivity index (χ1) is 11.2. The minimum Gasteiger partial charge on any atom is -0.497 e. The summed E-state index contributed by atoms with van der Waals surface area (Å²) in [5.74, 6) is 2.05. The Morgan fingerprint density at radius 1 is 1.29 bits per heavy atom. The van der Waals surface area contributed by atoms with Crippen LogP contribution in [0.15, 0.2) is 28.8 Å². The molecule has 1 N–H and O–H groups in total. The largest absolute Gasteiger partial charge is 0.497 e. The average molecular weight is 354 g/mol. The van der Waals surface area contributed by atoms with Crippen LogP contribution in [0.5, 0.6) is 5.75 Å².